The number of hydrogen-bond acceptors (Lipinski definition) is 5. The second-order valence-corrected chi connectivity index (χ2v) is 7.65. The lowest BCUT2D eigenvalue weighted by molar-refractivity contribution is -0.153. The van der Waals surface area contributed by atoms with Gasteiger partial charge in [-0.1, -0.05) is 12.1 Å². The van der Waals surface area contributed by atoms with Gasteiger partial charge in [-0.3, -0.25) is 14.9 Å². The second kappa shape index (κ2) is 7.82. The number of furan rings is 1. The number of rotatable bonds is 4. The number of esters is 1. The average Bonchev–Trinajstić information content (AvgIpc) is 2.92. The molecule has 0 unspecified atom stereocenters. The average molecular weight is 374 g/mol. The normalized spacial score (nSPS) is 12.5. The summed E-state index contributed by atoms with van der Waals surface area (Å²) in [4.78, 5) is 35.9. The fourth-order valence-corrected chi connectivity index (χ4v) is 2.56. The molecule has 0 fully saturated rings. The van der Waals surface area contributed by atoms with Crippen LogP contribution in [0.3, 0.4) is 0 Å². The molecule has 0 saturated carbocycles. The van der Waals surface area contributed by atoms with Crippen LogP contribution < -0.4 is 10.6 Å². The standard InChI is InChI=1S/C20H26N2O5/c1-11-7-8-15-14(10-26-17(15)12(11)2)9-16(23)27-13(3)18(24)21-19(25)22-20(4,5)6/h7-8,10,13H,9H2,1-6H3,(H2,21,22,24,25)/t13-/m1/s1. The van der Waals surface area contributed by atoms with Crippen molar-refractivity contribution in [3.8, 4) is 0 Å². The molecule has 1 atom stereocenters. The minimum Gasteiger partial charge on any atom is -0.464 e. The lowest BCUT2D eigenvalue weighted by atomic mass is 10.0. The Kier molecular flexibility index (Phi) is 5.93. The second-order valence-electron chi connectivity index (χ2n) is 7.65. The van der Waals surface area contributed by atoms with E-state index in [-0.39, 0.29) is 6.42 Å². The molecule has 27 heavy (non-hydrogen) atoms. The minimum atomic E-state index is -1.09. The Morgan fingerprint density at radius 1 is 1.19 bits per heavy atom. The molecule has 2 aromatic rings. The minimum absolute atomic E-state index is 0.0265. The molecule has 2 N–H and O–H groups in total. The molecule has 0 spiro atoms. The fraction of sp³-hybridized carbons (Fsp3) is 0.450. The number of fused-ring (bicyclic) bond motifs is 1. The molecule has 1 aromatic carbocycles. The Morgan fingerprint density at radius 3 is 2.48 bits per heavy atom. The van der Waals surface area contributed by atoms with Crippen LogP contribution in [0.25, 0.3) is 11.0 Å². The maximum atomic E-state index is 12.2. The molecule has 1 heterocycles. The van der Waals surface area contributed by atoms with E-state index in [2.05, 4.69) is 10.6 Å². The lowest BCUT2D eigenvalue weighted by Crippen LogP contribution is -2.50. The number of carbonyl (C=O) groups excluding carboxylic acids is 3. The number of imide groups is 1. The summed E-state index contributed by atoms with van der Waals surface area (Å²) in [7, 11) is 0. The first-order valence-electron chi connectivity index (χ1n) is 8.76. The molecule has 0 aliphatic heterocycles. The van der Waals surface area contributed by atoms with Crippen molar-refractivity contribution in [3.05, 3.63) is 35.1 Å². The third kappa shape index (κ3) is 5.32. The topological polar surface area (TPSA) is 97.6 Å². The predicted octanol–water partition coefficient (Wildman–Crippen LogP) is 3.15. The molecule has 0 saturated heterocycles. The molecule has 0 bridgehead atoms. The fourth-order valence-electron chi connectivity index (χ4n) is 2.56. The van der Waals surface area contributed by atoms with Gasteiger partial charge in [-0.25, -0.2) is 4.79 Å². The van der Waals surface area contributed by atoms with Crippen molar-refractivity contribution in [1.29, 1.82) is 0 Å². The van der Waals surface area contributed by atoms with Gasteiger partial charge in [-0.05, 0) is 52.7 Å². The SMILES string of the molecule is Cc1ccc2c(CC(=O)O[C@H](C)C(=O)NC(=O)NC(C)(C)C)coc2c1C. The number of ether oxygens (including phenoxy) is 1. The Labute approximate surface area is 158 Å². The van der Waals surface area contributed by atoms with Gasteiger partial charge in [-0.15, -0.1) is 0 Å². The summed E-state index contributed by atoms with van der Waals surface area (Å²) in [5.74, 6) is -1.26. The summed E-state index contributed by atoms with van der Waals surface area (Å²) in [6.07, 6.45) is 0.409. The van der Waals surface area contributed by atoms with Crippen molar-refractivity contribution >= 4 is 28.9 Å². The van der Waals surface area contributed by atoms with Gasteiger partial charge in [0.1, 0.15) is 5.58 Å². The molecule has 2 rings (SSSR count). The molecular weight excluding hydrogens is 348 g/mol. The summed E-state index contributed by atoms with van der Waals surface area (Å²) >= 11 is 0. The highest BCUT2D eigenvalue weighted by Gasteiger charge is 2.23. The monoisotopic (exact) mass is 374 g/mol. The zero-order valence-electron chi connectivity index (χ0n) is 16.6. The van der Waals surface area contributed by atoms with Crippen LogP contribution in [0.2, 0.25) is 0 Å². The molecule has 3 amide bonds. The Bertz CT molecular complexity index is 876. The maximum absolute atomic E-state index is 12.2. The first-order valence-corrected chi connectivity index (χ1v) is 8.76. The van der Waals surface area contributed by atoms with E-state index in [0.717, 1.165) is 22.1 Å². The van der Waals surface area contributed by atoms with Gasteiger partial charge < -0.3 is 14.5 Å². The Hall–Kier alpha value is -2.83. The first kappa shape index (κ1) is 20.5. The van der Waals surface area contributed by atoms with E-state index in [0.29, 0.717) is 5.56 Å². The zero-order valence-corrected chi connectivity index (χ0v) is 16.6. The van der Waals surface area contributed by atoms with Gasteiger partial charge in [0, 0.05) is 16.5 Å². The van der Waals surface area contributed by atoms with Gasteiger partial charge >= 0.3 is 12.0 Å². The summed E-state index contributed by atoms with van der Waals surface area (Å²) < 4.78 is 10.7. The molecular formula is C20H26N2O5. The molecule has 7 nitrogen and oxygen atoms in total. The van der Waals surface area contributed by atoms with E-state index in [1.807, 2.05) is 26.0 Å². The molecule has 0 aliphatic rings. The van der Waals surface area contributed by atoms with Crippen LogP contribution in [-0.2, 0) is 20.7 Å². The first-order chi connectivity index (χ1) is 12.5. The third-order valence-electron chi connectivity index (χ3n) is 4.08. The van der Waals surface area contributed by atoms with Gasteiger partial charge in [0.25, 0.3) is 5.91 Å². The van der Waals surface area contributed by atoms with Crippen molar-refractivity contribution in [2.45, 2.75) is 59.6 Å². The van der Waals surface area contributed by atoms with E-state index < -0.39 is 29.6 Å². The van der Waals surface area contributed by atoms with Crippen LogP contribution in [0.5, 0.6) is 0 Å². The largest absolute Gasteiger partial charge is 0.464 e. The number of hydrogen-bond donors (Lipinski definition) is 2. The highest BCUT2D eigenvalue weighted by atomic mass is 16.5. The smallest absolute Gasteiger partial charge is 0.321 e. The summed E-state index contributed by atoms with van der Waals surface area (Å²) in [6, 6.07) is 3.23. The predicted molar refractivity (Wildman–Crippen MR) is 101 cm³/mol. The van der Waals surface area contributed by atoms with Crippen LogP contribution in [0.15, 0.2) is 22.8 Å². The van der Waals surface area contributed by atoms with Crippen LogP contribution in [0, 0.1) is 13.8 Å². The highest BCUT2D eigenvalue weighted by Crippen LogP contribution is 2.27. The van der Waals surface area contributed by atoms with Crippen molar-refractivity contribution in [2.75, 3.05) is 0 Å². The zero-order chi connectivity index (χ0) is 20.4. The Balaban J connectivity index is 1.96. The number of benzene rings is 1. The van der Waals surface area contributed by atoms with E-state index in [4.69, 9.17) is 9.15 Å². The molecule has 0 aliphatic carbocycles. The lowest BCUT2D eigenvalue weighted by Gasteiger charge is -2.21. The van der Waals surface area contributed by atoms with Crippen molar-refractivity contribution in [3.63, 3.8) is 0 Å². The number of urea groups is 1. The van der Waals surface area contributed by atoms with Crippen molar-refractivity contribution in [2.24, 2.45) is 0 Å². The number of nitrogens with one attached hydrogen (secondary N) is 2. The van der Waals surface area contributed by atoms with E-state index in [1.54, 1.807) is 20.8 Å². The number of carbonyl (C=O) groups is 3. The molecule has 146 valence electrons. The third-order valence-corrected chi connectivity index (χ3v) is 4.08. The van der Waals surface area contributed by atoms with Crippen LogP contribution in [0.4, 0.5) is 4.79 Å². The molecule has 7 heteroatoms. The van der Waals surface area contributed by atoms with Gasteiger partial charge in [-0.2, -0.15) is 0 Å². The van der Waals surface area contributed by atoms with Gasteiger partial charge in [0.05, 0.1) is 12.7 Å². The maximum Gasteiger partial charge on any atom is 0.321 e. The molecule has 1 aromatic heterocycles. The van der Waals surface area contributed by atoms with Crippen LogP contribution in [0.1, 0.15) is 44.4 Å². The van der Waals surface area contributed by atoms with E-state index in [9.17, 15) is 14.4 Å². The van der Waals surface area contributed by atoms with Crippen LogP contribution in [-0.4, -0.2) is 29.6 Å². The van der Waals surface area contributed by atoms with Gasteiger partial charge in [0.2, 0.25) is 0 Å². The van der Waals surface area contributed by atoms with Crippen molar-refractivity contribution in [1.82, 2.24) is 10.6 Å². The highest BCUT2D eigenvalue weighted by molar-refractivity contribution is 5.97. The summed E-state index contributed by atoms with van der Waals surface area (Å²) in [6.45, 7) is 10.7. The van der Waals surface area contributed by atoms with E-state index in [1.165, 1.54) is 13.2 Å². The number of amides is 3. The number of aryl methyl sites for hydroxylation is 2. The molecule has 0 radical (unpaired) electrons. The quantitative estimate of drug-likeness (QED) is 0.801. The Morgan fingerprint density at radius 2 is 1.85 bits per heavy atom. The summed E-state index contributed by atoms with van der Waals surface area (Å²) in [5, 5.41) is 5.60. The van der Waals surface area contributed by atoms with Crippen LogP contribution >= 0.6 is 0 Å². The van der Waals surface area contributed by atoms with E-state index >= 15 is 0 Å². The summed E-state index contributed by atoms with van der Waals surface area (Å²) in [5.41, 5.74) is 3.07. The van der Waals surface area contributed by atoms with Gasteiger partial charge in [0.15, 0.2) is 6.10 Å². The van der Waals surface area contributed by atoms with Crippen molar-refractivity contribution < 1.29 is 23.5 Å².